The highest BCUT2D eigenvalue weighted by atomic mass is 79.9. The maximum absolute atomic E-state index is 12.4. The van der Waals surface area contributed by atoms with Gasteiger partial charge in [0.15, 0.2) is 0 Å². The zero-order chi connectivity index (χ0) is 17.6. The Bertz CT molecular complexity index is 902. The number of rotatable bonds is 5. The lowest BCUT2D eigenvalue weighted by atomic mass is 10.0. The van der Waals surface area contributed by atoms with Crippen LogP contribution in [0.2, 0.25) is 0 Å². The Morgan fingerprint density at radius 2 is 1.60 bits per heavy atom. The van der Waals surface area contributed by atoms with Crippen molar-refractivity contribution in [2.75, 3.05) is 11.9 Å². The predicted molar refractivity (Wildman–Crippen MR) is 104 cm³/mol. The number of hydrogen-bond donors (Lipinski definition) is 2. The van der Waals surface area contributed by atoms with Crippen molar-refractivity contribution < 1.29 is 9.59 Å². The lowest BCUT2D eigenvalue weighted by molar-refractivity contribution is -0.116. The van der Waals surface area contributed by atoms with E-state index in [1.54, 1.807) is 6.07 Å². The molecule has 0 spiro atoms. The number of amides is 2. The first-order valence-corrected chi connectivity index (χ1v) is 8.74. The number of hydrogen-bond acceptors (Lipinski definition) is 2. The van der Waals surface area contributed by atoms with Gasteiger partial charge in [-0.3, -0.25) is 9.59 Å². The van der Waals surface area contributed by atoms with Crippen LogP contribution in [0.3, 0.4) is 0 Å². The van der Waals surface area contributed by atoms with Gasteiger partial charge in [0.1, 0.15) is 0 Å². The van der Waals surface area contributed by atoms with Crippen molar-refractivity contribution in [3.8, 4) is 0 Å². The fourth-order valence-corrected chi connectivity index (χ4v) is 2.83. The van der Waals surface area contributed by atoms with Crippen LogP contribution >= 0.6 is 15.9 Å². The largest absolute Gasteiger partial charge is 0.352 e. The van der Waals surface area contributed by atoms with Gasteiger partial charge in [-0.2, -0.15) is 0 Å². The van der Waals surface area contributed by atoms with Gasteiger partial charge in [0.05, 0.1) is 0 Å². The van der Waals surface area contributed by atoms with Crippen LogP contribution in [0.4, 0.5) is 5.69 Å². The second-order valence-electron chi connectivity index (χ2n) is 5.59. The van der Waals surface area contributed by atoms with Gasteiger partial charge in [0.2, 0.25) is 5.91 Å². The maximum atomic E-state index is 12.4. The summed E-state index contributed by atoms with van der Waals surface area (Å²) in [5, 5.41) is 7.53. The summed E-state index contributed by atoms with van der Waals surface area (Å²) in [6.07, 6.45) is 0.215. The number of nitrogens with one attached hydrogen (secondary N) is 2. The Morgan fingerprint density at radius 3 is 2.40 bits per heavy atom. The Morgan fingerprint density at radius 1 is 0.880 bits per heavy atom. The minimum Gasteiger partial charge on any atom is -0.352 e. The van der Waals surface area contributed by atoms with Gasteiger partial charge in [-0.25, -0.2) is 0 Å². The molecule has 0 fully saturated rings. The Kier molecular flexibility index (Phi) is 5.46. The van der Waals surface area contributed by atoms with Crippen LogP contribution in [0.25, 0.3) is 10.8 Å². The van der Waals surface area contributed by atoms with Gasteiger partial charge < -0.3 is 10.6 Å². The molecule has 0 heterocycles. The SMILES string of the molecule is O=C(CCNC(=O)c1cccc2ccccc12)Nc1ccc(Br)cc1. The molecule has 4 nitrogen and oxygen atoms in total. The molecule has 0 saturated carbocycles. The molecule has 126 valence electrons. The van der Waals surface area contributed by atoms with Gasteiger partial charge in [0.25, 0.3) is 5.91 Å². The molecule has 2 amide bonds. The summed E-state index contributed by atoms with van der Waals surface area (Å²) in [6, 6.07) is 20.7. The first kappa shape index (κ1) is 17.2. The lowest BCUT2D eigenvalue weighted by Crippen LogP contribution is -2.27. The molecular weight excluding hydrogens is 380 g/mol. The van der Waals surface area contributed by atoms with E-state index < -0.39 is 0 Å². The van der Waals surface area contributed by atoms with Crippen molar-refractivity contribution in [3.05, 3.63) is 76.8 Å². The number of carbonyl (C=O) groups is 2. The van der Waals surface area contributed by atoms with Gasteiger partial charge in [0, 0.05) is 28.7 Å². The van der Waals surface area contributed by atoms with E-state index in [-0.39, 0.29) is 24.8 Å². The number of fused-ring (bicyclic) bond motifs is 1. The summed E-state index contributed by atoms with van der Waals surface area (Å²) < 4.78 is 0.952. The molecule has 2 N–H and O–H groups in total. The summed E-state index contributed by atoms with van der Waals surface area (Å²) in [7, 11) is 0. The smallest absolute Gasteiger partial charge is 0.251 e. The molecule has 0 aliphatic carbocycles. The van der Waals surface area contributed by atoms with E-state index in [1.807, 2.05) is 60.7 Å². The van der Waals surface area contributed by atoms with Crippen molar-refractivity contribution in [3.63, 3.8) is 0 Å². The van der Waals surface area contributed by atoms with Crippen molar-refractivity contribution in [2.45, 2.75) is 6.42 Å². The molecule has 0 aromatic heterocycles. The average molecular weight is 397 g/mol. The molecule has 25 heavy (non-hydrogen) atoms. The molecule has 5 heteroatoms. The fraction of sp³-hybridized carbons (Fsp3) is 0.100. The zero-order valence-corrected chi connectivity index (χ0v) is 15.0. The average Bonchev–Trinajstić information content (AvgIpc) is 2.63. The summed E-state index contributed by atoms with van der Waals surface area (Å²) in [5.41, 5.74) is 1.35. The van der Waals surface area contributed by atoms with Crippen LogP contribution in [0.1, 0.15) is 16.8 Å². The number of anilines is 1. The third-order valence-electron chi connectivity index (χ3n) is 3.80. The molecule has 0 radical (unpaired) electrons. The minimum absolute atomic E-state index is 0.138. The van der Waals surface area contributed by atoms with Crippen molar-refractivity contribution in [1.29, 1.82) is 0 Å². The quantitative estimate of drug-likeness (QED) is 0.672. The van der Waals surface area contributed by atoms with E-state index >= 15 is 0 Å². The molecule has 0 aliphatic heterocycles. The number of carbonyl (C=O) groups excluding carboxylic acids is 2. The Labute approximate surface area is 154 Å². The third-order valence-corrected chi connectivity index (χ3v) is 4.33. The summed E-state index contributed by atoms with van der Waals surface area (Å²) >= 11 is 3.35. The maximum Gasteiger partial charge on any atom is 0.251 e. The molecule has 0 atom stereocenters. The highest BCUT2D eigenvalue weighted by molar-refractivity contribution is 9.10. The van der Waals surface area contributed by atoms with E-state index in [9.17, 15) is 9.59 Å². The van der Waals surface area contributed by atoms with Crippen LogP contribution in [-0.4, -0.2) is 18.4 Å². The molecule has 3 aromatic carbocycles. The van der Waals surface area contributed by atoms with Crippen LogP contribution in [-0.2, 0) is 4.79 Å². The van der Waals surface area contributed by atoms with Crippen LogP contribution < -0.4 is 10.6 Å². The van der Waals surface area contributed by atoms with Crippen molar-refractivity contribution >= 4 is 44.2 Å². The molecule has 0 bridgehead atoms. The summed E-state index contributed by atoms with van der Waals surface area (Å²) in [4.78, 5) is 24.3. The third kappa shape index (κ3) is 4.45. The molecule has 0 aliphatic rings. The standard InChI is InChI=1S/C20H17BrN2O2/c21-15-8-10-16(11-9-15)23-19(24)12-13-22-20(25)18-7-3-5-14-4-1-2-6-17(14)18/h1-11H,12-13H2,(H,22,25)(H,23,24). The van der Waals surface area contributed by atoms with Gasteiger partial charge in [-0.1, -0.05) is 52.3 Å². The highest BCUT2D eigenvalue weighted by Crippen LogP contribution is 2.18. The van der Waals surface area contributed by atoms with E-state index in [0.717, 1.165) is 20.9 Å². The highest BCUT2D eigenvalue weighted by Gasteiger charge is 2.10. The topological polar surface area (TPSA) is 58.2 Å². The second-order valence-corrected chi connectivity index (χ2v) is 6.50. The van der Waals surface area contributed by atoms with Crippen molar-refractivity contribution in [2.24, 2.45) is 0 Å². The van der Waals surface area contributed by atoms with Crippen LogP contribution in [0.5, 0.6) is 0 Å². The first-order chi connectivity index (χ1) is 12.1. The van der Waals surface area contributed by atoms with Crippen LogP contribution in [0, 0.1) is 0 Å². The van der Waals surface area contributed by atoms with Crippen LogP contribution in [0.15, 0.2) is 71.2 Å². The lowest BCUT2D eigenvalue weighted by Gasteiger charge is -2.09. The van der Waals surface area contributed by atoms with Gasteiger partial charge >= 0.3 is 0 Å². The first-order valence-electron chi connectivity index (χ1n) is 7.95. The normalized spacial score (nSPS) is 10.4. The number of halogens is 1. The number of benzene rings is 3. The van der Waals surface area contributed by atoms with E-state index in [4.69, 9.17) is 0 Å². The summed E-state index contributed by atoms with van der Waals surface area (Å²) in [6.45, 7) is 0.282. The monoisotopic (exact) mass is 396 g/mol. The molecular formula is C20H17BrN2O2. The molecule has 3 aromatic rings. The molecule has 0 saturated heterocycles. The van der Waals surface area contributed by atoms with Crippen molar-refractivity contribution in [1.82, 2.24) is 5.32 Å². The van der Waals surface area contributed by atoms with E-state index in [1.165, 1.54) is 0 Å². The Balaban J connectivity index is 1.55. The van der Waals surface area contributed by atoms with E-state index in [0.29, 0.717) is 5.56 Å². The second kappa shape index (κ2) is 7.94. The minimum atomic E-state index is -0.173. The van der Waals surface area contributed by atoms with Gasteiger partial charge in [-0.15, -0.1) is 0 Å². The van der Waals surface area contributed by atoms with E-state index in [2.05, 4.69) is 26.6 Å². The fourth-order valence-electron chi connectivity index (χ4n) is 2.56. The molecule has 3 rings (SSSR count). The zero-order valence-electron chi connectivity index (χ0n) is 13.5. The predicted octanol–water partition coefficient (Wildman–Crippen LogP) is 4.36. The molecule has 0 unspecified atom stereocenters. The summed E-state index contributed by atoms with van der Waals surface area (Å²) in [5.74, 6) is -0.311. The van der Waals surface area contributed by atoms with Gasteiger partial charge in [-0.05, 0) is 41.1 Å². The Hall–Kier alpha value is -2.66.